The summed E-state index contributed by atoms with van der Waals surface area (Å²) in [5, 5.41) is 7.23. The molecule has 1 heterocycles. The Kier molecular flexibility index (Phi) is 8.92. The Balaban J connectivity index is 1.74. The van der Waals surface area contributed by atoms with Gasteiger partial charge in [-0.1, -0.05) is 32.0 Å². The van der Waals surface area contributed by atoms with Crippen molar-refractivity contribution >= 4 is 27.7 Å². The number of aliphatic imine (C=N–C) groups is 1. The molecule has 6 nitrogen and oxygen atoms in total. The predicted octanol–water partition coefficient (Wildman–Crippen LogP) is 2.54. The molecule has 0 radical (unpaired) electrons. The number of guanidine groups is 1. The Bertz CT molecular complexity index is 687. The molecule has 1 saturated heterocycles. The van der Waals surface area contributed by atoms with Crippen LogP contribution in [0.2, 0.25) is 0 Å². The van der Waals surface area contributed by atoms with Crippen LogP contribution in [-0.4, -0.2) is 62.4 Å². The summed E-state index contributed by atoms with van der Waals surface area (Å²) in [6.45, 7) is 6.06. The minimum absolute atomic E-state index is 0.241. The highest BCUT2D eigenvalue weighted by molar-refractivity contribution is 8.00. The van der Waals surface area contributed by atoms with E-state index in [9.17, 15) is 8.42 Å². The summed E-state index contributed by atoms with van der Waals surface area (Å²) in [7, 11) is -1.32. The Morgan fingerprint density at radius 2 is 1.96 bits per heavy atom. The molecule has 2 N–H and O–H groups in total. The van der Waals surface area contributed by atoms with Crippen LogP contribution in [0.4, 0.5) is 0 Å². The quantitative estimate of drug-likeness (QED) is 0.390. The van der Waals surface area contributed by atoms with Crippen LogP contribution in [-0.2, 0) is 10.0 Å². The average molecular weight is 413 g/mol. The molecule has 152 valence electrons. The topological polar surface area (TPSA) is 73.8 Å². The molecule has 27 heavy (non-hydrogen) atoms. The average Bonchev–Trinajstić information content (AvgIpc) is 2.66. The third-order valence-corrected chi connectivity index (χ3v) is 7.70. The Morgan fingerprint density at radius 3 is 2.56 bits per heavy atom. The second-order valence-corrected chi connectivity index (χ2v) is 10.4. The second-order valence-electron chi connectivity index (χ2n) is 6.83. The number of hydrogen-bond acceptors (Lipinski definition) is 4. The van der Waals surface area contributed by atoms with Crippen molar-refractivity contribution in [1.82, 2.24) is 14.9 Å². The lowest BCUT2D eigenvalue weighted by atomic mass is 10.1. The number of sulfonamides is 1. The molecule has 0 amide bonds. The van der Waals surface area contributed by atoms with E-state index in [0.29, 0.717) is 24.8 Å². The zero-order valence-electron chi connectivity index (χ0n) is 16.5. The fourth-order valence-corrected chi connectivity index (χ4v) is 5.55. The molecule has 0 aromatic heterocycles. The lowest BCUT2D eigenvalue weighted by Crippen LogP contribution is -2.50. The van der Waals surface area contributed by atoms with E-state index in [1.54, 1.807) is 11.4 Å². The summed E-state index contributed by atoms with van der Waals surface area (Å²) >= 11 is 1.83. The van der Waals surface area contributed by atoms with Crippen LogP contribution in [0.25, 0.3) is 0 Å². The maximum Gasteiger partial charge on any atom is 0.214 e. The first-order chi connectivity index (χ1) is 12.9. The van der Waals surface area contributed by atoms with Gasteiger partial charge in [0.15, 0.2) is 5.96 Å². The van der Waals surface area contributed by atoms with Gasteiger partial charge < -0.3 is 10.6 Å². The van der Waals surface area contributed by atoms with E-state index in [-0.39, 0.29) is 11.8 Å². The van der Waals surface area contributed by atoms with Gasteiger partial charge in [-0.25, -0.2) is 12.7 Å². The lowest BCUT2D eigenvalue weighted by molar-refractivity contribution is 0.306. The molecule has 1 aromatic rings. The normalized spacial score (nSPS) is 18.3. The zero-order chi connectivity index (χ0) is 19.7. The SMILES string of the molecule is CCCS(=O)(=O)N1CCC(NC(=NC)NCC(C)Sc2ccccc2)CC1. The fourth-order valence-electron chi connectivity index (χ4n) is 3.07. The van der Waals surface area contributed by atoms with Crippen molar-refractivity contribution in [2.24, 2.45) is 4.99 Å². The fraction of sp³-hybridized carbons (Fsp3) is 0.632. The van der Waals surface area contributed by atoms with E-state index in [0.717, 1.165) is 25.3 Å². The number of nitrogens with zero attached hydrogens (tertiary/aromatic N) is 2. The zero-order valence-corrected chi connectivity index (χ0v) is 18.2. The van der Waals surface area contributed by atoms with E-state index in [1.807, 2.05) is 24.8 Å². The monoisotopic (exact) mass is 412 g/mol. The first-order valence-electron chi connectivity index (χ1n) is 9.61. The van der Waals surface area contributed by atoms with Gasteiger partial charge in [0.05, 0.1) is 5.75 Å². The van der Waals surface area contributed by atoms with Crippen LogP contribution < -0.4 is 10.6 Å². The number of thioether (sulfide) groups is 1. The summed E-state index contributed by atoms with van der Waals surface area (Å²) in [6, 6.07) is 10.6. The van der Waals surface area contributed by atoms with E-state index in [1.165, 1.54) is 4.90 Å². The number of hydrogen-bond donors (Lipinski definition) is 2. The molecule has 1 aliphatic heterocycles. The molecule has 1 unspecified atom stereocenters. The number of benzene rings is 1. The van der Waals surface area contributed by atoms with Crippen LogP contribution in [0.15, 0.2) is 40.2 Å². The molecule has 1 fully saturated rings. The molecule has 0 saturated carbocycles. The minimum Gasteiger partial charge on any atom is -0.355 e. The maximum atomic E-state index is 12.2. The van der Waals surface area contributed by atoms with E-state index < -0.39 is 10.0 Å². The number of rotatable bonds is 8. The van der Waals surface area contributed by atoms with Crippen LogP contribution in [0.5, 0.6) is 0 Å². The smallest absolute Gasteiger partial charge is 0.214 e. The number of piperidine rings is 1. The maximum absolute atomic E-state index is 12.2. The van der Waals surface area contributed by atoms with Crippen molar-refractivity contribution in [2.45, 2.75) is 49.3 Å². The summed E-state index contributed by atoms with van der Waals surface area (Å²) in [5.41, 5.74) is 0. The third-order valence-electron chi connectivity index (χ3n) is 4.51. The van der Waals surface area contributed by atoms with Crippen molar-refractivity contribution < 1.29 is 8.42 Å². The molecule has 2 rings (SSSR count). The highest BCUT2D eigenvalue weighted by Gasteiger charge is 2.27. The van der Waals surface area contributed by atoms with Crippen LogP contribution in [0, 0.1) is 0 Å². The van der Waals surface area contributed by atoms with Gasteiger partial charge in [0.25, 0.3) is 0 Å². The van der Waals surface area contributed by atoms with Crippen molar-refractivity contribution in [2.75, 3.05) is 32.4 Å². The molecule has 0 spiro atoms. The molecular formula is C19H32N4O2S2. The molecule has 0 bridgehead atoms. The van der Waals surface area contributed by atoms with Crippen molar-refractivity contribution in [1.29, 1.82) is 0 Å². The van der Waals surface area contributed by atoms with Crippen molar-refractivity contribution in [3.8, 4) is 0 Å². The van der Waals surface area contributed by atoms with E-state index in [2.05, 4.69) is 46.8 Å². The number of nitrogens with one attached hydrogen (secondary N) is 2. The van der Waals surface area contributed by atoms with Gasteiger partial charge in [-0.15, -0.1) is 11.8 Å². The summed E-state index contributed by atoms with van der Waals surface area (Å²) < 4.78 is 26.0. The van der Waals surface area contributed by atoms with Crippen molar-refractivity contribution in [3.05, 3.63) is 30.3 Å². The molecule has 8 heteroatoms. The highest BCUT2D eigenvalue weighted by Crippen LogP contribution is 2.22. The largest absolute Gasteiger partial charge is 0.355 e. The van der Waals surface area contributed by atoms with Crippen LogP contribution in [0.3, 0.4) is 0 Å². The van der Waals surface area contributed by atoms with Gasteiger partial charge in [-0.05, 0) is 31.4 Å². The van der Waals surface area contributed by atoms with E-state index in [4.69, 9.17) is 0 Å². The van der Waals surface area contributed by atoms with Gasteiger partial charge in [-0.3, -0.25) is 4.99 Å². The minimum atomic E-state index is -3.09. The van der Waals surface area contributed by atoms with Crippen molar-refractivity contribution in [3.63, 3.8) is 0 Å². The van der Waals surface area contributed by atoms with Crippen LogP contribution in [0.1, 0.15) is 33.1 Å². The lowest BCUT2D eigenvalue weighted by Gasteiger charge is -2.32. The third kappa shape index (κ3) is 7.35. The molecule has 0 aliphatic carbocycles. The molecular weight excluding hydrogens is 380 g/mol. The summed E-state index contributed by atoms with van der Waals surface area (Å²) in [4.78, 5) is 5.57. The predicted molar refractivity (Wildman–Crippen MR) is 115 cm³/mol. The first kappa shape index (κ1) is 22.0. The Hall–Kier alpha value is -1.25. The molecule has 1 aliphatic rings. The van der Waals surface area contributed by atoms with Gasteiger partial charge in [-0.2, -0.15) is 0 Å². The summed E-state index contributed by atoms with van der Waals surface area (Å²) in [6.07, 6.45) is 2.27. The first-order valence-corrected chi connectivity index (χ1v) is 12.1. The molecule has 1 atom stereocenters. The standard InChI is InChI=1S/C19H32N4O2S2/c1-4-14-27(24,25)23-12-10-17(11-13-23)22-19(20-3)21-15-16(2)26-18-8-6-5-7-9-18/h5-9,16-17H,4,10-15H2,1-3H3,(H2,20,21,22). The van der Waals surface area contributed by atoms with Gasteiger partial charge in [0.1, 0.15) is 0 Å². The Labute approximate surface area is 168 Å². The summed E-state index contributed by atoms with van der Waals surface area (Å²) in [5.74, 6) is 1.02. The van der Waals surface area contributed by atoms with Crippen LogP contribution >= 0.6 is 11.8 Å². The van der Waals surface area contributed by atoms with Gasteiger partial charge in [0.2, 0.25) is 10.0 Å². The van der Waals surface area contributed by atoms with E-state index >= 15 is 0 Å². The second kappa shape index (κ2) is 10.9. The Morgan fingerprint density at radius 1 is 1.30 bits per heavy atom. The van der Waals surface area contributed by atoms with Gasteiger partial charge >= 0.3 is 0 Å². The highest BCUT2D eigenvalue weighted by atomic mass is 32.2. The van der Waals surface area contributed by atoms with Gasteiger partial charge in [0, 0.05) is 42.9 Å². The molecule has 1 aromatic carbocycles.